The smallest absolute Gasteiger partial charge is 0.0544 e. The van der Waals surface area contributed by atoms with Crippen molar-refractivity contribution >= 4 is 0 Å². The average Bonchev–Trinajstić information content (AvgIpc) is 2.25. The molecule has 0 aromatic rings. The van der Waals surface area contributed by atoms with Gasteiger partial charge in [-0.05, 0) is 52.5 Å². The molecule has 0 aromatic heterocycles. The lowest BCUT2D eigenvalue weighted by Gasteiger charge is -2.13. The zero-order valence-corrected chi connectivity index (χ0v) is 11.0. The third kappa shape index (κ3) is 10.2. The summed E-state index contributed by atoms with van der Waals surface area (Å²) < 4.78 is 5.63. The van der Waals surface area contributed by atoms with Crippen LogP contribution in [0.3, 0.4) is 0 Å². The number of unbranched alkanes of at least 4 members (excludes halogenated alkanes) is 1. The molecule has 0 spiro atoms. The molecule has 2 atom stereocenters. The van der Waals surface area contributed by atoms with E-state index >= 15 is 0 Å². The summed E-state index contributed by atoms with van der Waals surface area (Å²) in [4.78, 5) is 0. The van der Waals surface area contributed by atoms with E-state index < -0.39 is 0 Å². The number of nitrogens with one attached hydrogen (secondary N) is 1. The minimum atomic E-state index is 0.431. The summed E-state index contributed by atoms with van der Waals surface area (Å²) in [5.41, 5.74) is 0. The van der Waals surface area contributed by atoms with E-state index in [2.05, 4.69) is 33.0 Å². The highest BCUT2D eigenvalue weighted by atomic mass is 16.5. The Balaban J connectivity index is 3.16. The Morgan fingerprint density at radius 3 is 2.47 bits per heavy atom. The maximum atomic E-state index is 5.63. The lowest BCUT2D eigenvalue weighted by atomic mass is 10.1. The zero-order chi connectivity index (χ0) is 11.5. The molecule has 0 aliphatic heterocycles. The number of hydrogen-bond acceptors (Lipinski definition) is 2. The van der Waals surface area contributed by atoms with Crippen molar-refractivity contribution in [1.29, 1.82) is 0 Å². The van der Waals surface area contributed by atoms with Gasteiger partial charge in [-0.25, -0.2) is 0 Å². The minimum absolute atomic E-state index is 0.431. The molecular weight excluding hydrogens is 186 g/mol. The van der Waals surface area contributed by atoms with Crippen molar-refractivity contribution in [3.63, 3.8) is 0 Å². The van der Waals surface area contributed by atoms with Crippen LogP contribution in [0.2, 0.25) is 0 Å². The Morgan fingerprint density at radius 2 is 1.87 bits per heavy atom. The summed E-state index contributed by atoms with van der Waals surface area (Å²) in [6.45, 7) is 10.9. The summed E-state index contributed by atoms with van der Waals surface area (Å²) in [5, 5.41) is 3.50. The Kier molecular flexibility index (Phi) is 10.4. The van der Waals surface area contributed by atoms with Gasteiger partial charge in [0, 0.05) is 12.6 Å². The third-order valence-corrected chi connectivity index (χ3v) is 2.75. The van der Waals surface area contributed by atoms with Gasteiger partial charge in [-0.2, -0.15) is 0 Å². The summed E-state index contributed by atoms with van der Waals surface area (Å²) in [6, 6.07) is 0.661. The molecule has 1 N–H and O–H groups in total. The van der Waals surface area contributed by atoms with Crippen molar-refractivity contribution in [2.24, 2.45) is 0 Å². The topological polar surface area (TPSA) is 21.3 Å². The van der Waals surface area contributed by atoms with Crippen molar-refractivity contribution in [1.82, 2.24) is 5.32 Å². The first kappa shape index (κ1) is 14.9. The van der Waals surface area contributed by atoms with Crippen LogP contribution in [-0.4, -0.2) is 25.3 Å². The molecule has 0 aromatic carbocycles. The van der Waals surface area contributed by atoms with Gasteiger partial charge in [0.15, 0.2) is 0 Å². The molecule has 0 amide bonds. The first-order chi connectivity index (χ1) is 7.20. The van der Waals surface area contributed by atoms with E-state index in [0.29, 0.717) is 12.1 Å². The highest BCUT2D eigenvalue weighted by Gasteiger charge is 2.01. The Bertz CT molecular complexity index is 128. The van der Waals surface area contributed by atoms with Gasteiger partial charge in [0.25, 0.3) is 0 Å². The van der Waals surface area contributed by atoms with E-state index in [1.54, 1.807) is 0 Å². The van der Waals surface area contributed by atoms with Crippen LogP contribution < -0.4 is 5.32 Å². The van der Waals surface area contributed by atoms with Crippen molar-refractivity contribution in [2.45, 2.75) is 71.9 Å². The second-order valence-corrected chi connectivity index (χ2v) is 4.44. The summed E-state index contributed by atoms with van der Waals surface area (Å²) in [7, 11) is 0. The van der Waals surface area contributed by atoms with Gasteiger partial charge in [0.2, 0.25) is 0 Å². The van der Waals surface area contributed by atoms with Crippen LogP contribution >= 0.6 is 0 Å². The lowest BCUT2D eigenvalue weighted by Crippen LogP contribution is -2.26. The van der Waals surface area contributed by atoms with Crippen LogP contribution in [0.5, 0.6) is 0 Å². The molecule has 0 radical (unpaired) electrons. The van der Waals surface area contributed by atoms with Gasteiger partial charge in [-0.1, -0.05) is 13.8 Å². The number of hydrogen-bond donors (Lipinski definition) is 1. The Labute approximate surface area is 95.8 Å². The van der Waals surface area contributed by atoms with E-state index in [1.807, 2.05) is 0 Å². The van der Waals surface area contributed by atoms with Crippen LogP contribution in [0.1, 0.15) is 59.8 Å². The predicted molar refractivity (Wildman–Crippen MR) is 67.3 cm³/mol. The summed E-state index contributed by atoms with van der Waals surface area (Å²) in [6.07, 6.45) is 6.51. The first-order valence-electron chi connectivity index (χ1n) is 6.55. The molecule has 0 rings (SSSR count). The van der Waals surface area contributed by atoms with Gasteiger partial charge in [0.05, 0.1) is 6.10 Å². The van der Waals surface area contributed by atoms with Crippen molar-refractivity contribution in [3.8, 4) is 0 Å². The first-order valence-corrected chi connectivity index (χ1v) is 6.55. The molecule has 0 saturated carbocycles. The van der Waals surface area contributed by atoms with Gasteiger partial charge >= 0.3 is 0 Å². The zero-order valence-electron chi connectivity index (χ0n) is 11.0. The highest BCUT2D eigenvalue weighted by molar-refractivity contribution is 4.59. The largest absolute Gasteiger partial charge is 0.379 e. The molecule has 2 heteroatoms. The monoisotopic (exact) mass is 215 g/mol. The second-order valence-electron chi connectivity index (χ2n) is 4.44. The summed E-state index contributed by atoms with van der Waals surface area (Å²) >= 11 is 0. The molecule has 0 heterocycles. The molecule has 0 aliphatic carbocycles. The van der Waals surface area contributed by atoms with Gasteiger partial charge < -0.3 is 10.1 Å². The fraction of sp³-hybridized carbons (Fsp3) is 1.00. The fourth-order valence-electron chi connectivity index (χ4n) is 1.45. The Morgan fingerprint density at radius 1 is 1.13 bits per heavy atom. The molecule has 92 valence electrons. The fourth-order valence-corrected chi connectivity index (χ4v) is 1.45. The molecule has 0 bridgehead atoms. The molecule has 2 unspecified atom stereocenters. The van der Waals surface area contributed by atoms with E-state index in [9.17, 15) is 0 Å². The predicted octanol–water partition coefficient (Wildman–Crippen LogP) is 3.36. The van der Waals surface area contributed by atoms with E-state index in [-0.39, 0.29) is 0 Å². The quantitative estimate of drug-likeness (QED) is 0.564. The molecule has 2 nitrogen and oxygen atoms in total. The Hall–Kier alpha value is -0.0800. The van der Waals surface area contributed by atoms with Crippen LogP contribution in [0.4, 0.5) is 0 Å². The molecular formula is C13H29NO. The van der Waals surface area contributed by atoms with Crippen molar-refractivity contribution in [2.75, 3.05) is 13.2 Å². The van der Waals surface area contributed by atoms with Crippen LogP contribution in [-0.2, 0) is 4.74 Å². The molecule has 0 aliphatic rings. The minimum Gasteiger partial charge on any atom is -0.379 e. The van der Waals surface area contributed by atoms with Crippen LogP contribution in [0.25, 0.3) is 0 Å². The summed E-state index contributed by atoms with van der Waals surface area (Å²) in [5.74, 6) is 0. The molecule has 15 heavy (non-hydrogen) atoms. The normalized spacial score (nSPS) is 15.2. The van der Waals surface area contributed by atoms with E-state index in [4.69, 9.17) is 4.74 Å². The average molecular weight is 215 g/mol. The maximum absolute atomic E-state index is 5.63. The maximum Gasteiger partial charge on any atom is 0.0544 e. The van der Waals surface area contributed by atoms with Crippen LogP contribution in [0.15, 0.2) is 0 Å². The number of rotatable bonds is 10. The van der Waals surface area contributed by atoms with Crippen molar-refractivity contribution < 1.29 is 4.74 Å². The third-order valence-electron chi connectivity index (χ3n) is 2.75. The molecule has 0 saturated heterocycles. The van der Waals surface area contributed by atoms with E-state index in [0.717, 1.165) is 19.6 Å². The van der Waals surface area contributed by atoms with E-state index in [1.165, 1.54) is 25.7 Å². The molecule has 0 fully saturated rings. The van der Waals surface area contributed by atoms with Gasteiger partial charge in [-0.15, -0.1) is 0 Å². The van der Waals surface area contributed by atoms with Crippen molar-refractivity contribution in [3.05, 3.63) is 0 Å². The second kappa shape index (κ2) is 10.4. The standard InChI is InChI=1S/C13H29NO/c1-5-10-14-12(3)9-7-8-11-15-13(4)6-2/h12-14H,5-11H2,1-4H3. The van der Waals surface area contributed by atoms with Crippen LogP contribution in [0, 0.1) is 0 Å². The SMILES string of the molecule is CCCNC(C)CCCCOC(C)CC. The highest BCUT2D eigenvalue weighted by Crippen LogP contribution is 2.03. The van der Waals surface area contributed by atoms with Gasteiger partial charge in [0.1, 0.15) is 0 Å². The lowest BCUT2D eigenvalue weighted by molar-refractivity contribution is 0.0606. The van der Waals surface area contributed by atoms with Gasteiger partial charge in [-0.3, -0.25) is 0 Å². The number of ether oxygens (including phenoxy) is 1.